The lowest BCUT2D eigenvalue weighted by atomic mass is 10.2. The van der Waals surface area contributed by atoms with Crippen LogP contribution in [0.25, 0.3) is 0 Å². The summed E-state index contributed by atoms with van der Waals surface area (Å²) in [5, 5.41) is -0.177. The van der Waals surface area contributed by atoms with Gasteiger partial charge in [0, 0.05) is 18.7 Å². The number of methoxy groups -OCH3 is 1. The third kappa shape index (κ3) is 3.45. The van der Waals surface area contributed by atoms with Gasteiger partial charge in [-0.25, -0.2) is 0 Å². The van der Waals surface area contributed by atoms with Gasteiger partial charge in [0.2, 0.25) is 11.8 Å². The molecule has 124 valence electrons. The van der Waals surface area contributed by atoms with E-state index < -0.39 is 0 Å². The lowest BCUT2D eigenvalue weighted by Gasteiger charge is -2.30. The van der Waals surface area contributed by atoms with Crippen molar-refractivity contribution in [1.29, 1.82) is 0 Å². The summed E-state index contributed by atoms with van der Waals surface area (Å²) in [4.78, 5) is 28.1. The molecular weight excluding hydrogens is 316 g/mol. The highest BCUT2D eigenvalue weighted by Gasteiger charge is 2.36. The minimum atomic E-state index is -0.177. The van der Waals surface area contributed by atoms with Crippen LogP contribution in [0.5, 0.6) is 5.75 Å². The van der Waals surface area contributed by atoms with Gasteiger partial charge in [-0.2, -0.15) is 0 Å². The molecule has 0 spiro atoms. The van der Waals surface area contributed by atoms with Crippen molar-refractivity contribution in [2.24, 2.45) is 0 Å². The van der Waals surface area contributed by atoms with Crippen LogP contribution in [-0.4, -0.2) is 67.3 Å². The molecule has 6 nitrogen and oxygen atoms in total. The largest absolute Gasteiger partial charge is 0.496 e. The van der Waals surface area contributed by atoms with Crippen molar-refractivity contribution in [2.75, 3.05) is 45.7 Å². The number of hydrogen-bond acceptors (Lipinski definition) is 5. The van der Waals surface area contributed by atoms with Gasteiger partial charge in [0.1, 0.15) is 17.7 Å². The lowest BCUT2D eigenvalue weighted by molar-refractivity contribution is -0.141. The Bertz CT molecular complexity index is 589. The quantitative estimate of drug-likeness (QED) is 0.825. The first-order valence-corrected chi connectivity index (χ1v) is 8.65. The zero-order chi connectivity index (χ0) is 16.2. The number of morpholine rings is 1. The standard InChI is InChI=1S/C16H20N2O4S/c1-21-13-5-3-2-4-12(13)16-18(15(20)11-23-16)10-14(19)17-6-8-22-9-7-17/h2-5,16H,6-11H2,1H3/t16-/m0/s1. The number of thioether (sulfide) groups is 1. The van der Waals surface area contributed by atoms with E-state index in [-0.39, 0.29) is 23.7 Å². The minimum Gasteiger partial charge on any atom is -0.496 e. The molecule has 2 heterocycles. The number of benzene rings is 1. The van der Waals surface area contributed by atoms with Gasteiger partial charge in [0.15, 0.2) is 0 Å². The Morgan fingerprint density at radius 2 is 2.09 bits per heavy atom. The molecule has 0 unspecified atom stereocenters. The molecule has 0 saturated carbocycles. The van der Waals surface area contributed by atoms with Gasteiger partial charge in [-0.3, -0.25) is 9.59 Å². The molecule has 1 aromatic carbocycles. The normalized spacial score (nSPS) is 21.6. The Morgan fingerprint density at radius 1 is 1.35 bits per heavy atom. The molecule has 0 aliphatic carbocycles. The molecule has 2 aliphatic rings. The average molecular weight is 336 g/mol. The summed E-state index contributed by atoms with van der Waals surface area (Å²) in [6.07, 6.45) is 0. The Kier molecular flexibility index (Phi) is 5.07. The van der Waals surface area contributed by atoms with Gasteiger partial charge in [-0.1, -0.05) is 18.2 Å². The van der Waals surface area contributed by atoms with E-state index in [2.05, 4.69) is 0 Å². The molecule has 0 N–H and O–H groups in total. The summed E-state index contributed by atoms with van der Waals surface area (Å²) >= 11 is 1.53. The third-order valence-electron chi connectivity index (χ3n) is 4.04. The second-order valence-electron chi connectivity index (χ2n) is 5.42. The van der Waals surface area contributed by atoms with Crippen LogP contribution < -0.4 is 4.74 Å². The zero-order valence-corrected chi connectivity index (χ0v) is 13.9. The second kappa shape index (κ2) is 7.23. The summed E-state index contributed by atoms with van der Waals surface area (Å²) in [7, 11) is 1.61. The van der Waals surface area contributed by atoms with Crippen molar-refractivity contribution >= 4 is 23.6 Å². The summed E-state index contributed by atoms with van der Waals surface area (Å²) in [6.45, 7) is 2.41. The molecule has 2 fully saturated rings. The SMILES string of the molecule is COc1ccccc1[C@@H]1SCC(=O)N1CC(=O)N1CCOCC1. The number of ether oxygens (including phenoxy) is 2. The fourth-order valence-electron chi connectivity index (χ4n) is 2.81. The average Bonchev–Trinajstić information content (AvgIpc) is 2.96. The number of carbonyl (C=O) groups is 2. The minimum absolute atomic E-state index is 0.00693. The van der Waals surface area contributed by atoms with Crippen molar-refractivity contribution in [3.8, 4) is 5.75 Å². The predicted molar refractivity (Wildman–Crippen MR) is 87.3 cm³/mol. The van der Waals surface area contributed by atoms with E-state index >= 15 is 0 Å². The van der Waals surface area contributed by atoms with E-state index in [4.69, 9.17) is 9.47 Å². The number of para-hydroxylation sites is 1. The molecule has 2 amide bonds. The van der Waals surface area contributed by atoms with E-state index in [0.29, 0.717) is 32.1 Å². The lowest BCUT2D eigenvalue weighted by Crippen LogP contribution is -2.46. The fraction of sp³-hybridized carbons (Fsp3) is 0.500. The van der Waals surface area contributed by atoms with Gasteiger partial charge < -0.3 is 19.3 Å². The van der Waals surface area contributed by atoms with E-state index in [1.165, 1.54) is 11.8 Å². The van der Waals surface area contributed by atoms with Crippen LogP contribution in [-0.2, 0) is 14.3 Å². The monoisotopic (exact) mass is 336 g/mol. The zero-order valence-electron chi connectivity index (χ0n) is 13.1. The fourth-order valence-corrected chi connectivity index (χ4v) is 4.02. The second-order valence-corrected chi connectivity index (χ2v) is 6.49. The van der Waals surface area contributed by atoms with Crippen molar-refractivity contribution < 1.29 is 19.1 Å². The van der Waals surface area contributed by atoms with Crippen molar-refractivity contribution in [3.05, 3.63) is 29.8 Å². The molecule has 1 atom stereocenters. The van der Waals surface area contributed by atoms with Crippen LogP contribution in [0.4, 0.5) is 0 Å². The molecule has 0 bridgehead atoms. The number of amides is 2. The molecule has 2 aliphatic heterocycles. The predicted octanol–water partition coefficient (Wildman–Crippen LogP) is 1.13. The van der Waals surface area contributed by atoms with E-state index in [0.717, 1.165) is 11.3 Å². The summed E-state index contributed by atoms with van der Waals surface area (Å²) < 4.78 is 10.7. The number of rotatable bonds is 4. The smallest absolute Gasteiger partial charge is 0.242 e. The number of nitrogens with zero attached hydrogens (tertiary/aromatic N) is 2. The maximum atomic E-state index is 12.5. The Hall–Kier alpha value is -1.73. The number of hydrogen-bond donors (Lipinski definition) is 0. The van der Waals surface area contributed by atoms with Gasteiger partial charge in [0.25, 0.3) is 0 Å². The van der Waals surface area contributed by atoms with Gasteiger partial charge in [-0.05, 0) is 6.07 Å². The number of carbonyl (C=O) groups excluding carboxylic acids is 2. The van der Waals surface area contributed by atoms with Crippen molar-refractivity contribution in [1.82, 2.24) is 9.80 Å². The van der Waals surface area contributed by atoms with Crippen LogP contribution in [0.3, 0.4) is 0 Å². The first-order valence-electron chi connectivity index (χ1n) is 7.60. The molecule has 1 aromatic rings. The van der Waals surface area contributed by atoms with Crippen LogP contribution in [0.2, 0.25) is 0 Å². The van der Waals surface area contributed by atoms with Crippen molar-refractivity contribution in [2.45, 2.75) is 5.37 Å². The molecule has 2 saturated heterocycles. The van der Waals surface area contributed by atoms with E-state index in [9.17, 15) is 9.59 Å². The van der Waals surface area contributed by atoms with Gasteiger partial charge >= 0.3 is 0 Å². The highest BCUT2D eigenvalue weighted by atomic mass is 32.2. The Morgan fingerprint density at radius 3 is 2.83 bits per heavy atom. The first kappa shape index (κ1) is 16.1. The third-order valence-corrected chi connectivity index (χ3v) is 5.28. The highest BCUT2D eigenvalue weighted by molar-refractivity contribution is 8.00. The molecule has 3 rings (SSSR count). The summed E-state index contributed by atoms with van der Waals surface area (Å²) in [5.74, 6) is 1.10. The van der Waals surface area contributed by atoms with Crippen molar-refractivity contribution in [3.63, 3.8) is 0 Å². The maximum Gasteiger partial charge on any atom is 0.242 e. The van der Waals surface area contributed by atoms with E-state index in [1.54, 1.807) is 16.9 Å². The summed E-state index contributed by atoms with van der Waals surface area (Å²) in [5.41, 5.74) is 0.931. The maximum absolute atomic E-state index is 12.5. The summed E-state index contributed by atoms with van der Waals surface area (Å²) in [6, 6.07) is 7.64. The molecular formula is C16H20N2O4S. The van der Waals surface area contributed by atoms with Crippen LogP contribution in [0, 0.1) is 0 Å². The first-order chi connectivity index (χ1) is 11.2. The Balaban J connectivity index is 1.76. The van der Waals surface area contributed by atoms with Gasteiger partial charge in [-0.15, -0.1) is 11.8 Å². The van der Waals surface area contributed by atoms with E-state index in [1.807, 2.05) is 24.3 Å². The molecule has 0 aromatic heterocycles. The highest BCUT2D eigenvalue weighted by Crippen LogP contribution is 2.42. The molecule has 7 heteroatoms. The molecule has 0 radical (unpaired) electrons. The van der Waals surface area contributed by atoms with Crippen LogP contribution >= 0.6 is 11.8 Å². The topological polar surface area (TPSA) is 59.1 Å². The van der Waals surface area contributed by atoms with Crippen LogP contribution in [0.15, 0.2) is 24.3 Å². The Labute approximate surface area is 139 Å². The van der Waals surface area contributed by atoms with Crippen LogP contribution in [0.1, 0.15) is 10.9 Å². The van der Waals surface area contributed by atoms with Gasteiger partial charge in [0.05, 0.1) is 26.1 Å². The molecule has 23 heavy (non-hydrogen) atoms.